The average molecular weight is 411 g/mol. The van der Waals surface area contributed by atoms with E-state index in [2.05, 4.69) is 26.2 Å². The number of carbonyl (C=O) groups is 1. The van der Waals surface area contributed by atoms with Crippen LogP contribution in [0.5, 0.6) is 0 Å². The van der Waals surface area contributed by atoms with Gasteiger partial charge in [0.1, 0.15) is 11.5 Å². The van der Waals surface area contributed by atoms with Crippen LogP contribution in [-0.2, 0) is 6.54 Å². The molecule has 0 saturated carbocycles. The molecule has 0 atom stereocenters. The Morgan fingerprint density at radius 2 is 2.08 bits per heavy atom. The summed E-state index contributed by atoms with van der Waals surface area (Å²) < 4.78 is 16.0. The van der Waals surface area contributed by atoms with Crippen LogP contribution in [-0.4, -0.2) is 26.1 Å². The minimum atomic E-state index is -1.22. The summed E-state index contributed by atoms with van der Waals surface area (Å²) in [6.07, 6.45) is 0. The van der Waals surface area contributed by atoms with E-state index in [0.717, 1.165) is 0 Å². The first-order valence-corrected chi connectivity index (χ1v) is 7.99. The lowest BCUT2D eigenvalue weighted by atomic mass is 10.1. The van der Waals surface area contributed by atoms with Crippen LogP contribution in [0.2, 0.25) is 5.02 Å². The van der Waals surface area contributed by atoms with E-state index in [-0.39, 0.29) is 17.9 Å². The first kappa shape index (κ1) is 16.6. The van der Waals surface area contributed by atoms with Crippen LogP contribution in [0.15, 0.2) is 46.9 Å². The second-order valence-electron chi connectivity index (χ2n) is 5.00. The Kier molecular flexibility index (Phi) is 4.64. The molecule has 0 saturated heterocycles. The van der Waals surface area contributed by atoms with Crippen molar-refractivity contribution < 1.29 is 14.3 Å². The number of aromatic nitrogens is 3. The van der Waals surface area contributed by atoms with E-state index in [0.29, 0.717) is 20.6 Å². The third-order valence-corrected chi connectivity index (χ3v) is 4.10. The van der Waals surface area contributed by atoms with Crippen molar-refractivity contribution in [1.29, 1.82) is 0 Å². The van der Waals surface area contributed by atoms with Gasteiger partial charge in [0.05, 0.1) is 6.54 Å². The van der Waals surface area contributed by atoms with Crippen LogP contribution in [0, 0.1) is 5.82 Å². The van der Waals surface area contributed by atoms with Gasteiger partial charge in [0, 0.05) is 20.6 Å². The highest BCUT2D eigenvalue weighted by Crippen LogP contribution is 2.26. The van der Waals surface area contributed by atoms with E-state index < -0.39 is 11.8 Å². The van der Waals surface area contributed by atoms with Crippen LogP contribution in [0.25, 0.3) is 11.3 Å². The quantitative estimate of drug-likeness (QED) is 0.698. The molecule has 3 aromatic rings. The van der Waals surface area contributed by atoms with Gasteiger partial charge in [0.25, 0.3) is 0 Å². The molecule has 2 aromatic carbocycles. The van der Waals surface area contributed by atoms with Gasteiger partial charge in [-0.1, -0.05) is 50.9 Å². The molecule has 0 aliphatic carbocycles. The summed E-state index contributed by atoms with van der Waals surface area (Å²) in [5, 5.41) is 17.4. The predicted octanol–water partition coefficient (Wildman–Crippen LogP) is 4.25. The lowest BCUT2D eigenvalue weighted by molar-refractivity contribution is 0.0691. The Labute approximate surface area is 149 Å². The molecule has 0 unspecified atom stereocenters. The smallest absolute Gasteiger partial charge is 0.358 e. The van der Waals surface area contributed by atoms with Gasteiger partial charge < -0.3 is 5.11 Å². The van der Waals surface area contributed by atoms with Crippen LogP contribution in [0.3, 0.4) is 0 Å². The van der Waals surface area contributed by atoms with Crippen molar-refractivity contribution in [2.45, 2.75) is 6.54 Å². The highest BCUT2D eigenvalue weighted by atomic mass is 79.9. The summed E-state index contributed by atoms with van der Waals surface area (Å²) >= 11 is 9.18. The molecule has 1 aromatic heterocycles. The second-order valence-corrected chi connectivity index (χ2v) is 6.35. The number of aromatic carboxylic acids is 1. The first-order chi connectivity index (χ1) is 11.5. The normalized spacial score (nSPS) is 10.8. The molecular weight excluding hydrogens is 401 g/mol. The van der Waals surface area contributed by atoms with Gasteiger partial charge >= 0.3 is 5.97 Å². The maximum absolute atomic E-state index is 14.1. The van der Waals surface area contributed by atoms with Crippen LogP contribution in [0.1, 0.15) is 16.1 Å². The number of hydrogen-bond acceptors (Lipinski definition) is 3. The first-order valence-electron chi connectivity index (χ1n) is 6.82. The monoisotopic (exact) mass is 409 g/mol. The molecule has 122 valence electrons. The SMILES string of the molecule is O=C(O)c1nnn(Cc2ccc(Br)cc2F)c1-c1cccc(Cl)c1. The predicted molar refractivity (Wildman–Crippen MR) is 90.6 cm³/mol. The van der Waals surface area contributed by atoms with Gasteiger partial charge in [-0.25, -0.2) is 13.9 Å². The number of nitrogens with zero attached hydrogens (tertiary/aromatic N) is 3. The molecule has 24 heavy (non-hydrogen) atoms. The largest absolute Gasteiger partial charge is 0.476 e. The molecule has 0 radical (unpaired) electrons. The third-order valence-electron chi connectivity index (χ3n) is 3.37. The van der Waals surface area contributed by atoms with Crippen LogP contribution >= 0.6 is 27.5 Å². The zero-order valence-electron chi connectivity index (χ0n) is 12.1. The molecule has 0 amide bonds. The van der Waals surface area contributed by atoms with Crippen molar-refractivity contribution in [1.82, 2.24) is 15.0 Å². The number of carboxylic acids is 1. The Morgan fingerprint density at radius 3 is 2.75 bits per heavy atom. The Bertz CT molecular complexity index is 929. The highest BCUT2D eigenvalue weighted by Gasteiger charge is 2.21. The number of benzene rings is 2. The lowest BCUT2D eigenvalue weighted by Crippen LogP contribution is -2.07. The van der Waals surface area contributed by atoms with Gasteiger partial charge in [0.2, 0.25) is 0 Å². The molecule has 8 heteroatoms. The van der Waals surface area contributed by atoms with Gasteiger partial charge in [-0.05, 0) is 24.3 Å². The van der Waals surface area contributed by atoms with Gasteiger partial charge in [0.15, 0.2) is 5.69 Å². The Hall–Kier alpha value is -2.25. The molecule has 0 aliphatic heterocycles. The van der Waals surface area contributed by atoms with E-state index in [9.17, 15) is 14.3 Å². The lowest BCUT2D eigenvalue weighted by Gasteiger charge is -2.09. The third kappa shape index (κ3) is 3.32. The van der Waals surface area contributed by atoms with Crippen molar-refractivity contribution in [3.8, 4) is 11.3 Å². The minimum Gasteiger partial charge on any atom is -0.476 e. The highest BCUT2D eigenvalue weighted by molar-refractivity contribution is 9.10. The topological polar surface area (TPSA) is 68.0 Å². The maximum Gasteiger partial charge on any atom is 0.358 e. The van der Waals surface area contributed by atoms with Crippen molar-refractivity contribution in [3.05, 3.63) is 69.0 Å². The van der Waals surface area contributed by atoms with Crippen molar-refractivity contribution in [2.75, 3.05) is 0 Å². The molecule has 1 heterocycles. The number of hydrogen-bond donors (Lipinski definition) is 1. The summed E-state index contributed by atoms with van der Waals surface area (Å²) in [6, 6.07) is 11.3. The molecule has 1 N–H and O–H groups in total. The molecular formula is C16H10BrClFN3O2. The summed E-state index contributed by atoms with van der Waals surface area (Å²) in [7, 11) is 0. The summed E-state index contributed by atoms with van der Waals surface area (Å²) in [4.78, 5) is 11.4. The minimum absolute atomic E-state index is 0.0429. The Morgan fingerprint density at radius 1 is 1.29 bits per heavy atom. The summed E-state index contributed by atoms with van der Waals surface area (Å²) in [5.74, 6) is -1.64. The fourth-order valence-corrected chi connectivity index (χ4v) is 2.82. The summed E-state index contributed by atoms with van der Waals surface area (Å²) in [6.45, 7) is 0.0429. The van der Waals surface area contributed by atoms with E-state index in [1.807, 2.05) is 0 Å². The number of rotatable bonds is 4. The van der Waals surface area contributed by atoms with Crippen LogP contribution in [0.4, 0.5) is 4.39 Å². The second kappa shape index (κ2) is 6.70. The van der Waals surface area contributed by atoms with E-state index >= 15 is 0 Å². The number of carboxylic acid groups (broad SMARTS) is 1. The molecule has 0 spiro atoms. The maximum atomic E-state index is 14.1. The van der Waals surface area contributed by atoms with Gasteiger partial charge in [-0.3, -0.25) is 0 Å². The van der Waals surface area contributed by atoms with Crippen molar-refractivity contribution >= 4 is 33.5 Å². The standard InChI is InChI=1S/C16H10BrClFN3O2/c17-11-5-4-10(13(19)7-11)8-22-15(14(16(23)24)20-21-22)9-2-1-3-12(18)6-9/h1-7H,8H2,(H,23,24). The van der Waals surface area contributed by atoms with Crippen molar-refractivity contribution in [3.63, 3.8) is 0 Å². The summed E-state index contributed by atoms with van der Waals surface area (Å²) in [5.41, 5.74) is 0.966. The molecule has 0 fully saturated rings. The van der Waals surface area contributed by atoms with E-state index in [4.69, 9.17) is 11.6 Å². The zero-order valence-corrected chi connectivity index (χ0v) is 14.4. The molecule has 3 rings (SSSR count). The van der Waals surface area contributed by atoms with Gasteiger partial charge in [-0.2, -0.15) is 0 Å². The molecule has 0 aliphatic rings. The van der Waals surface area contributed by atoms with Gasteiger partial charge in [-0.15, -0.1) is 5.10 Å². The van der Waals surface area contributed by atoms with Crippen LogP contribution < -0.4 is 0 Å². The fourth-order valence-electron chi connectivity index (χ4n) is 2.30. The van der Waals surface area contributed by atoms with Crippen molar-refractivity contribution in [2.24, 2.45) is 0 Å². The van der Waals surface area contributed by atoms with E-state index in [1.54, 1.807) is 36.4 Å². The zero-order chi connectivity index (χ0) is 17.3. The molecule has 0 bridgehead atoms. The average Bonchev–Trinajstić information content (AvgIpc) is 2.94. The van der Waals surface area contributed by atoms with E-state index in [1.165, 1.54) is 10.7 Å². The Balaban J connectivity index is 2.10. The molecule has 5 nitrogen and oxygen atoms in total. The fraction of sp³-hybridized carbons (Fsp3) is 0.0625. The number of halogens is 3.